The highest BCUT2D eigenvalue weighted by Gasteiger charge is 2.30. The van der Waals surface area contributed by atoms with Crippen molar-refractivity contribution in [2.24, 2.45) is 0 Å². The summed E-state index contributed by atoms with van der Waals surface area (Å²) in [7, 11) is 0. The molecule has 0 spiro atoms. The molecule has 0 aliphatic rings. The molecule has 0 aromatic heterocycles. The molecule has 22 heavy (non-hydrogen) atoms. The zero-order valence-corrected chi connectivity index (χ0v) is 10.9. The van der Waals surface area contributed by atoms with Crippen molar-refractivity contribution in [3.63, 3.8) is 0 Å². The first-order valence-electron chi connectivity index (χ1n) is 5.97. The predicted molar refractivity (Wildman–Crippen MR) is 71.9 cm³/mol. The molecule has 0 saturated carbocycles. The Morgan fingerprint density at radius 2 is 1.73 bits per heavy atom. The van der Waals surface area contributed by atoms with Gasteiger partial charge in [-0.1, -0.05) is 0 Å². The van der Waals surface area contributed by atoms with E-state index in [2.05, 4.69) is 10.1 Å². The minimum atomic E-state index is -4.79. The molecule has 0 fully saturated rings. The van der Waals surface area contributed by atoms with Crippen LogP contribution in [0, 0.1) is 5.82 Å². The predicted octanol–water partition coefficient (Wildman–Crippen LogP) is 3.56. The fourth-order valence-corrected chi connectivity index (χ4v) is 1.66. The van der Waals surface area contributed by atoms with Crippen molar-refractivity contribution in [1.29, 1.82) is 0 Å². The highest BCUT2D eigenvalue weighted by molar-refractivity contribution is 6.07. The summed E-state index contributed by atoms with van der Waals surface area (Å²) in [5.74, 6) is -1.73. The summed E-state index contributed by atoms with van der Waals surface area (Å²) in [6, 6.07) is 7.82. The lowest BCUT2D eigenvalue weighted by molar-refractivity contribution is -0.274. The van der Waals surface area contributed by atoms with Crippen molar-refractivity contribution in [1.82, 2.24) is 0 Å². The van der Waals surface area contributed by atoms with Gasteiger partial charge < -0.3 is 15.8 Å². The summed E-state index contributed by atoms with van der Waals surface area (Å²) >= 11 is 0. The summed E-state index contributed by atoms with van der Waals surface area (Å²) in [4.78, 5) is 11.9. The second-order valence-corrected chi connectivity index (χ2v) is 4.26. The molecule has 0 heterocycles. The zero-order valence-electron chi connectivity index (χ0n) is 10.9. The number of hydrogen-bond acceptors (Lipinski definition) is 3. The number of carbonyl (C=O) groups is 1. The third-order valence-corrected chi connectivity index (χ3v) is 2.61. The number of anilines is 2. The van der Waals surface area contributed by atoms with E-state index in [0.29, 0.717) is 0 Å². The minimum absolute atomic E-state index is 0.0735. The van der Waals surface area contributed by atoms with Crippen LogP contribution in [0.15, 0.2) is 42.5 Å². The fourth-order valence-electron chi connectivity index (χ4n) is 1.66. The monoisotopic (exact) mass is 314 g/mol. The van der Waals surface area contributed by atoms with Crippen LogP contribution in [0.1, 0.15) is 10.4 Å². The highest BCUT2D eigenvalue weighted by atomic mass is 19.4. The maximum atomic E-state index is 13.1. The van der Waals surface area contributed by atoms with Crippen molar-refractivity contribution < 1.29 is 27.1 Å². The number of hydrogen-bond donors (Lipinski definition) is 2. The highest BCUT2D eigenvalue weighted by Crippen LogP contribution is 2.24. The van der Waals surface area contributed by atoms with Crippen LogP contribution in [-0.2, 0) is 0 Å². The molecule has 3 N–H and O–H groups in total. The van der Waals surface area contributed by atoms with E-state index < -0.39 is 23.8 Å². The number of benzene rings is 2. The molecule has 2 rings (SSSR count). The van der Waals surface area contributed by atoms with Gasteiger partial charge in [0.05, 0.1) is 5.56 Å². The Balaban J connectivity index is 2.10. The summed E-state index contributed by atoms with van der Waals surface area (Å²) in [5.41, 5.74) is 5.78. The number of carbonyl (C=O) groups excluding carboxylic acids is 1. The molecule has 116 valence electrons. The first-order valence-corrected chi connectivity index (χ1v) is 5.97. The van der Waals surface area contributed by atoms with Crippen molar-refractivity contribution in [2.45, 2.75) is 6.36 Å². The molecule has 2 aromatic carbocycles. The van der Waals surface area contributed by atoms with Crippen LogP contribution in [-0.4, -0.2) is 12.3 Å². The lowest BCUT2D eigenvalue weighted by Crippen LogP contribution is -2.17. The third kappa shape index (κ3) is 4.11. The average molecular weight is 314 g/mol. The minimum Gasteiger partial charge on any atom is -0.406 e. The molecule has 2 aromatic rings. The molecule has 0 radical (unpaired) electrons. The van der Waals surface area contributed by atoms with E-state index in [-0.39, 0.29) is 16.9 Å². The van der Waals surface area contributed by atoms with Crippen LogP contribution in [0.2, 0.25) is 0 Å². The van der Waals surface area contributed by atoms with Gasteiger partial charge in [-0.05, 0) is 42.5 Å². The van der Waals surface area contributed by atoms with E-state index in [9.17, 15) is 22.4 Å². The van der Waals surface area contributed by atoms with E-state index >= 15 is 0 Å². The van der Waals surface area contributed by atoms with Crippen molar-refractivity contribution in [3.05, 3.63) is 53.8 Å². The second kappa shape index (κ2) is 5.92. The van der Waals surface area contributed by atoms with Crippen LogP contribution in [0.25, 0.3) is 0 Å². The Bertz CT molecular complexity index is 684. The number of amides is 1. The maximum absolute atomic E-state index is 13.1. The van der Waals surface area contributed by atoms with Gasteiger partial charge in [-0.25, -0.2) is 4.39 Å². The van der Waals surface area contributed by atoms with Crippen LogP contribution in [0.5, 0.6) is 5.75 Å². The summed E-state index contributed by atoms with van der Waals surface area (Å²) in [6.45, 7) is 0. The Morgan fingerprint density at radius 1 is 1.09 bits per heavy atom. The lowest BCUT2D eigenvalue weighted by atomic mass is 10.1. The van der Waals surface area contributed by atoms with E-state index in [1.807, 2.05) is 0 Å². The van der Waals surface area contributed by atoms with Crippen LogP contribution < -0.4 is 15.8 Å². The van der Waals surface area contributed by atoms with E-state index in [0.717, 1.165) is 24.3 Å². The molecule has 0 atom stereocenters. The number of rotatable bonds is 3. The molecule has 8 heteroatoms. The molecular formula is C14H10F4N2O2. The van der Waals surface area contributed by atoms with E-state index in [1.54, 1.807) is 0 Å². The van der Waals surface area contributed by atoms with Gasteiger partial charge in [0.1, 0.15) is 11.6 Å². The molecule has 0 saturated heterocycles. The molecule has 0 aliphatic carbocycles. The van der Waals surface area contributed by atoms with Gasteiger partial charge in [-0.15, -0.1) is 13.2 Å². The van der Waals surface area contributed by atoms with Crippen molar-refractivity contribution in [2.75, 3.05) is 11.1 Å². The zero-order chi connectivity index (χ0) is 16.3. The quantitative estimate of drug-likeness (QED) is 0.672. The Labute approximate surface area is 122 Å². The van der Waals surface area contributed by atoms with Gasteiger partial charge in [0.15, 0.2) is 0 Å². The number of halogens is 4. The van der Waals surface area contributed by atoms with Gasteiger partial charge in [-0.2, -0.15) is 0 Å². The Kier molecular flexibility index (Phi) is 4.20. The van der Waals surface area contributed by atoms with Crippen LogP contribution >= 0.6 is 0 Å². The molecular weight excluding hydrogens is 304 g/mol. The third-order valence-electron chi connectivity index (χ3n) is 2.61. The topological polar surface area (TPSA) is 64.4 Å². The standard InChI is InChI=1S/C14H10F4N2O2/c15-8-1-6-12(19)11(7-8)13(21)20-9-2-4-10(5-3-9)22-14(16,17)18/h1-7H,19H2,(H,20,21). The normalized spacial score (nSPS) is 11.1. The van der Waals surface area contributed by atoms with Crippen LogP contribution in [0.4, 0.5) is 28.9 Å². The first kappa shape index (κ1) is 15.6. The molecule has 0 bridgehead atoms. The van der Waals surface area contributed by atoms with Gasteiger partial charge in [0, 0.05) is 11.4 Å². The van der Waals surface area contributed by atoms with Crippen molar-refractivity contribution in [3.8, 4) is 5.75 Å². The summed E-state index contributed by atoms with van der Waals surface area (Å²) < 4.78 is 52.8. The SMILES string of the molecule is Nc1ccc(F)cc1C(=O)Nc1ccc(OC(F)(F)F)cc1. The van der Waals surface area contributed by atoms with Gasteiger partial charge in [0.2, 0.25) is 0 Å². The van der Waals surface area contributed by atoms with E-state index in [4.69, 9.17) is 5.73 Å². The average Bonchev–Trinajstić information content (AvgIpc) is 2.42. The second-order valence-electron chi connectivity index (χ2n) is 4.26. The molecule has 0 unspecified atom stereocenters. The first-order chi connectivity index (χ1) is 10.2. The number of nitrogen functional groups attached to an aromatic ring is 1. The lowest BCUT2D eigenvalue weighted by Gasteiger charge is -2.10. The molecule has 4 nitrogen and oxygen atoms in total. The number of nitrogens with one attached hydrogen (secondary N) is 1. The Morgan fingerprint density at radius 3 is 2.32 bits per heavy atom. The largest absolute Gasteiger partial charge is 0.573 e. The molecule has 1 amide bonds. The maximum Gasteiger partial charge on any atom is 0.573 e. The van der Waals surface area contributed by atoms with Crippen LogP contribution in [0.3, 0.4) is 0 Å². The van der Waals surface area contributed by atoms with Gasteiger partial charge >= 0.3 is 6.36 Å². The van der Waals surface area contributed by atoms with Gasteiger partial charge in [-0.3, -0.25) is 4.79 Å². The number of alkyl halides is 3. The Hall–Kier alpha value is -2.77. The smallest absolute Gasteiger partial charge is 0.406 e. The summed E-state index contributed by atoms with van der Waals surface area (Å²) in [5, 5.41) is 2.39. The van der Waals surface area contributed by atoms with Crippen molar-refractivity contribution >= 4 is 17.3 Å². The fraction of sp³-hybridized carbons (Fsp3) is 0.0714. The number of ether oxygens (including phenoxy) is 1. The van der Waals surface area contributed by atoms with Gasteiger partial charge in [0.25, 0.3) is 5.91 Å². The summed E-state index contributed by atoms with van der Waals surface area (Å²) in [6.07, 6.45) is -4.79. The number of nitrogens with two attached hydrogens (primary N) is 1. The molecule has 0 aliphatic heterocycles. The van der Waals surface area contributed by atoms with E-state index in [1.165, 1.54) is 18.2 Å².